The predicted octanol–water partition coefficient (Wildman–Crippen LogP) is 3.36. The first-order valence-electron chi connectivity index (χ1n) is 5.79. The van der Waals surface area contributed by atoms with Crippen molar-refractivity contribution in [2.45, 2.75) is 46.1 Å². The molecular weight excluding hydrogens is 172 g/mol. The summed E-state index contributed by atoms with van der Waals surface area (Å²) in [6.45, 7) is 11.0. The molecule has 1 spiro atoms. The van der Waals surface area contributed by atoms with Crippen LogP contribution < -0.4 is 0 Å². The summed E-state index contributed by atoms with van der Waals surface area (Å²) in [5.74, 6) is 0.937. The largest absolute Gasteiger partial charge is 0.498 e. The van der Waals surface area contributed by atoms with Gasteiger partial charge in [0.1, 0.15) is 6.10 Å². The van der Waals surface area contributed by atoms with Gasteiger partial charge in [-0.25, -0.2) is 0 Å². The Balaban J connectivity index is 1.98. The lowest BCUT2D eigenvalue weighted by Gasteiger charge is -2.38. The van der Waals surface area contributed by atoms with Gasteiger partial charge in [-0.2, -0.15) is 0 Å². The normalized spacial score (nSPS) is 56.8. The van der Waals surface area contributed by atoms with Crippen LogP contribution in [0.15, 0.2) is 12.8 Å². The van der Waals surface area contributed by atoms with E-state index in [0.29, 0.717) is 22.3 Å². The van der Waals surface area contributed by atoms with Gasteiger partial charge in [0, 0.05) is 5.41 Å². The maximum Gasteiger partial charge on any atom is 0.104 e. The second-order valence-corrected chi connectivity index (χ2v) is 6.06. The first-order chi connectivity index (χ1) is 6.52. The molecule has 0 radical (unpaired) electrons. The summed E-state index contributed by atoms with van der Waals surface area (Å²) in [7, 11) is 0. The smallest absolute Gasteiger partial charge is 0.104 e. The van der Waals surface area contributed by atoms with Crippen LogP contribution in [0.25, 0.3) is 0 Å². The van der Waals surface area contributed by atoms with E-state index in [0.717, 1.165) is 5.92 Å². The quantitative estimate of drug-likeness (QED) is 0.610. The number of hydrogen-bond acceptors (Lipinski definition) is 1. The predicted molar refractivity (Wildman–Crippen MR) is 56.7 cm³/mol. The molecule has 4 unspecified atom stereocenters. The third-order valence-corrected chi connectivity index (χ3v) is 6.26. The molecule has 0 aromatic rings. The molecule has 0 aromatic heterocycles. The van der Waals surface area contributed by atoms with Gasteiger partial charge >= 0.3 is 0 Å². The minimum Gasteiger partial charge on any atom is -0.498 e. The highest BCUT2D eigenvalue weighted by Gasteiger charge is 2.90. The second-order valence-electron chi connectivity index (χ2n) is 6.06. The molecule has 0 N–H and O–H groups in total. The molecule has 0 heterocycles. The average Bonchev–Trinajstić information content (AvgIpc) is 2.42. The van der Waals surface area contributed by atoms with Gasteiger partial charge in [-0.15, -0.1) is 0 Å². The van der Waals surface area contributed by atoms with Crippen molar-refractivity contribution in [1.82, 2.24) is 0 Å². The summed E-state index contributed by atoms with van der Waals surface area (Å²) in [6, 6.07) is 0. The lowest BCUT2D eigenvalue weighted by molar-refractivity contribution is 0.0576. The van der Waals surface area contributed by atoms with E-state index in [1.165, 1.54) is 19.3 Å². The van der Waals surface area contributed by atoms with Crippen LogP contribution in [0, 0.1) is 22.2 Å². The van der Waals surface area contributed by atoms with Crippen molar-refractivity contribution >= 4 is 0 Å². The highest BCUT2D eigenvalue weighted by Crippen LogP contribution is 2.92. The molecule has 1 nitrogen and oxygen atoms in total. The Bertz CT molecular complexity index is 306. The Labute approximate surface area is 86.5 Å². The zero-order valence-electron chi connectivity index (χ0n) is 9.47. The van der Waals surface area contributed by atoms with E-state index in [1.807, 2.05) is 0 Å². The molecule has 3 rings (SSSR count). The lowest BCUT2D eigenvalue weighted by Crippen LogP contribution is -2.30. The van der Waals surface area contributed by atoms with Crippen molar-refractivity contribution in [2.75, 3.05) is 0 Å². The van der Waals surface area contributed by atoms with Crippen molar-refractivity contribution in [3.63, 3.8) is 0 Å². The monoisotopic (exact) mass is 192 g/mol. The van der Waals surface area contributed by atoms with Gasteiger partial charge in [0.15, 0.2) is 0 Å². The van der Waals surface area contributed by atoms with E-state index >= 15 is 0 Å². The molecule has 0 aromatic carbocycles. The molecule has 0 saturated heterocycles. The Morgan fingerprint density at radius 1 is 1.36 bits per heavy atom. The Hall–Kier alpha value is -0.460. The van der Waals surface area contributed by atoms with E-state index < -0.39 is 0 Å². The zero-order chi connectivity index (χ0) is 10.2. The van der Waals surface area contributed by atoms with Crippen LogP contribution in [0.2, 0.25) is 0 Å². The van der Waals surface area contributed by atoms with Gasteiger partial charge in [-0.05, 0) is 36.0 Å². The topological polar surface area (TPSA) is 9.23 Å². The molecule has 0 aliphatic heterocycles. The van der Waals surface area contributed by atoms with Crippen LogP contribution in [-0.4, -0.2) is 6.10 Å². The molecule has 78 valence electrons. The first-order valence-corrected chi connectivity index (χ1v) is 5.79. The fraction of sp³-hybridized carbons (Fsp3) is 0.846. The van der Waals surface area contributed by atoms with Crippen molar-refractivity contribution < 1.29 is 4.74 Å². The van der Waals surface area contributed by atoms with E-state index in [2.05, 4.69) is 27.4 Å². The van der Waals surface area contributed by atoms with E-state index in [1.54, 1.807) is 6.26 Å². The Morgan fingerprint density at radius 3 is 2.43 bits per heavy atom. The lowest BCUT2D eigenvalue weighted by atomic mass is 9.66. The van der Waals surface area contributed by atoms with Crippen molar-refractivity contribution in [3.8, 4) is 0 Å². The molecule has 3 aliphatic carbocycles. The summed E-state index contributed by atoms with van der Waals surface area (Å²) in [4.78, 5) is 0. The molecule has 4 atom stereocenters. The van der Waals surface area contributed by atoms with Gasteiger partial charge in [-0.1, -0.05) is 27.4 Å². The summed E-state index contributed by atoms with van der Waals surface area (Å²) in [5, 5.41) is 0. The Morgan fingerprint density at radius 2 is 2.07 bits per heavy atom. The molecule has 3 fully saturated rings. The second kappa shape index (κ2) is 2.05. The molecule has 0 amide bonds. The Kier molecular flexibility index (Phi) is 1.29. The van der Waals surface area contributed by atoms with E-state index in [-0.39, 0.29) is 0 Å². The van der Waals surface area contributed by atoms with Crippen LogP contribution in [0.3, 0.4) is 0 Å². The fourth-order valence-corrected chi connectivity index (χ4v) is 5.23. The summed E-state index contributed by atoms with van der Waals surface area (Å²) >= 11 is 0. The molecule has 3 saturated carbocycles. The maximum absolute atomic E-state index is 5.73. The minimum atomic E-state index is 0.428. The molecule has 3 aliphatic rings. The zero-order valence-corrected chi connectivity index (χ0v) is 9.47. The van der Waals surface area contributed by atoms with Crippen LogP contribution in [0.4, 0.5) is 0 Å². The van der Waals surface area contributed by atoms with Crippen LogP contribution in [0.5, 0.6) is 0 Å². The van der Waals surface area contributed by atoms with Crippen molar-refractivity contribution in [1.29, 1.82) is 0 Å². The van der Waals surface area contributed by atoms with Gasteiger partial charge < -0.3 is 4.74 Å². The number of ether oxygens (including phenoxy) is 1. The molecule has 0 bridgehead atoms. The van der Waals surface area contributed by atoms with Gasteiger partial charge in [-0.3, -0.25) is 0 Å². The van der Waals surface area contributed by atoms with Gasteiger partial charge in [0.2, 0.25) is 0 Å². The standard InChI is InChI=1S/C13H20O/c1-5-14-10-8-9-6-7-13(9)11(2,3)12(10,13)4/h5,9-10H,1,6-8H2,2-4H3. The van der Waals surface area contributed by atoms with E-state index in [9.17, 15) is 0 Å². The number of rotatable bonds is 2. The summed E-state index contributed by atoms with van der Waals surface area (Å²) in [5.41, 5.74) is 1.56. The fourth-order valence-electron chi connectivity index (χ4n) is 5.23. The van der Waals surface area contributed by atoms with Crippen LogP contribution in [0.1, 0.15) is 40.0 Å². The van der Waals surface area contributed by atoms with Gasteiger partial charge in [0.05, 0.1) is 6.26 Å². The summed E-state index contributed by atoms with van der Waals surface area (Å²) in [6.07, 6.45) is 6.20. The molecule has 1 heteroatoms. The number of hydrogen-bond donors (Lipinski definition) is 0. The van der Waals surface area contributed by atoms with Gasteiger partial charge in [0.25, 0.3) is 0 Å². The van der Waals surface area contributed by atoms with Crippen LogP contribution >= 0.6 is 0 Å². The average molecular weight is 192 g/mol. The SMILES string of the molecule is C=COC1CC2CCC23C(C)(C)C13C. The minimum absolute atomic E-state index is 0.428. The highest BCUT2D eigenvalue weighted by molar-refractivity contribution is 5.37. The van der Waals surface area contributed by atoms with Crippen molar-refractivity contribution in [3.05, 3.63) is 12.8 Å². The first kappa shape index (κ1) is 8.82. The third-order valence-electron chi connectivity index (χ3n) is 6.26. The molecule has 14 heavy (non-hydrogen) atoms. The highest BCUT2D eigenvalue weighted by atomic mass is 16.5. The third kappa shape index (κ3) is 0.522. The van der Waals surface area contributed by atoms with Crippen LogP contribution in [-0.2, 0) is 4.74 Å². The van der Waals surface area contributed by atoms with E-state index in [4.69, 9.17) is 4.74 Å². The maximum atomic E-state index is 5.73. The molecular formula is C13H20O. The summed E-state index contributed by atoms with van der Waals surface area (Å²) < 4.78 is 5.73. The van der Waals surface area contributed by atoms with Crippen molar-refractivity contribution in [2.24, 2.45) is 22.2 Å².